The summed E-state index contributed by atoms with van der Waals surface area (Å²) < 4.78 is 11.7. The second kappa shape index (κ2) is 5.52. The molecule has 0 spiro atoms. The Kier molecular flexibility index (Phi) is 3.66. The number of nitrogens with one attached hydrogen (secondary N) is 2. The number of aromatic nitrogens is 2. The van der Waals surface area contributed by atoms with Crippen LogP contribution in [0, 0.1) is 18.3 Å². The van der Waals surface area contributed by atoms with Crippen molar-refractivity contribution in [2.45, 2.75) is 12.8 Å². The Hall–Kier alpha value is -2.66. The first-order chi connectivity index (χ1) is 11.0. The summed E-state index contributed by atoms with van der Waals surface area (Å²) >= 11 is 3.41. The zero-order valence-electron chi connectivity index (χ0n) is 12.4. The second-order valence-corrected chi connectivity index (χ2v) is 5.98. The highest BCUT2D eigenvalue weighted by atomic mass is 79.9. The van der Waals surface area contributed by atoms with E-state index in [1.54, 1.807) is 19.1 Å². The summed E-state index contributed by atoms with van der Waals surface area (Å²) in [6, 6.07) is 5.57. The molecule has 0 radical (unpaired) electrons. The second-order valence-electron chi connectivity index (χ2n) is 5.07. The van der Waals surface area contributed by atoms with Gasteiger partial charge in [-0.3, -0.25) is 9.89 Å². The van der Waals surface area contributed by atoms with E-state index in [-0.39, 0.29) is 17.0 Å². The van der Waals surface area contributed by atoms with Crippen molar-refractivity contribution in [2.75, 3.05) is 7.11 Å². The Bertz CT molecular complexity index is 920. The number of H-pyrrole nitrogens is 2. The number of methoxy groups -OCH3 is 1. The van der Waals surface area contributed by atoms with Crippen LogP contribution in [0.2, 0.25) is 0 Å². The van der Waals surface area contributed by atoms with Crippen molar-refractivity contribution in [2.24, 2.45) is 5.73 Å². The molecule has 3 rings (SSSR count). The molecule has 118 valence electrons. The number of benzene rings is 1. The minimum atomic E-state index is -0.634. The number of aromatic amines is 2. The molecule has 0 amide bonds. The van der Waals surface area contributed by atoms with Crippen molar-refractivity contribution in [3.8, 4) is 17.6 Å². The minimum Gasteiger partial charge on any atom is -0.493 e. The van der Waals surface area contributed by atoms with E-state index >= 15 is 0 Å². The molecule has 23 heavy (non-hydrogen) atoms. The van der Waals surface area contributed by atoms with Crippen molar-refractivity contribution in [3.05, 3.63) is 55.2 Å². The van der Waals surface area contributed by atoms with Gasteiger partial charge in [0, 0.05) is 15.7 Å². The van der Waals surface area contributed by atoms with Gasteiger partial charge in [-0.05, 0) is 19.1 Å². The maximum Gasteiger partial charge on any atom is 0.268 e. The third-order valence-corrected chi connectivity index (χ3v) is 4.22. The smallest absolute Gasteiger partial charge is 0.268 e. The summed E-state index contributed by atoms with van der Waals surface area (Å²) in [5, 5.41) is 14.8. The summed E-state index contributed by atoms with van der Waals surface area (Å²) in [7, 11) is 1.51. The molecule has 8 heteroatoms. The summed E-state index contributed by atoms with van der Waals surface area (Å²) in [4.78, 5) is 12.2. The van der Waals surface area contributed by atoms with E-state index in [1.165, 1.54) is 7.11 Å². The first kappa shape index (κ1) is 15.2. The van der Waals surface area contributed by atoms with Gasteiger partial charge in [0.15, 0.2) is 11.5 Å². The Morgan fingerprint density at radius 3 is 2.74 bits per heavy atom. The lowest BCUT2D eigenvalue weighted by Crippen LogP contribution is -2.24. The number of ether oxygens (including phenoxy) is 2. The van der Waals surface area contributed by atoms with E-state index in [0.717, 1.165) is 4.47 Å². The number of fused-ring (bicyclic) bond motifs is 1. The predicted octanol–water partition coefficient (Wildman–Crippen LogP) is 2.00. The normalized spacial score (nSPS) is 16.5. The molecular weight excluding hydrogens is 364 g/mol. The van der Waals surface area contributed by atoms with E-state index in [2.05, 4.69) is 32.2 Å². The highest BCUT2D eigenvalue weighted by molar-refractivity contribution is 9.10. The lowest BCUT2D eigenvalue weighted by atomic mass is 9.83. The third-order valence-electron chi connectivity index (χ3n) is 3.77. The predicted molar refractivity (Wildman–Crippen MR) is 86.1 cm³/mol. The average molecular weight is 377 g/mol. The van der Waals surface area contributed by atoms with E-state index < -0.39 is 5.92 Å². The molecule has 0 saturated carbocycles. The topological polar surface area (TPSA) is 117 Å². The lowest BCUT2D eigenvalue weighted by molar-refractivity contribution is 0.344. The van der Waals surface area contributed by atoms with Gasteiger partial charge in [0.05, 0.1) is 18.6 Å². The average Bonchev–Trinajstić information content (AvgIpc) is 2.85. The van der Waals surface area contributed by atoms with Gasteiger partial charge in [0.25, 0.3) is 5.56 Å². The molecule has 4 N–H and O–H groups in total. The Balaban J connectivity index is 2.37. The van der Waals surface area contributed by atoms with Crippen molar-refractivity contribution in [1.82, 2.24) is 10.2 Å². The van der Waals surface area contributed by atoms with Gasteiger partial charge in [0.1, 0.15) is 11.6 Å². The number of nitriles is 1. The highest BCUT2D eigenvalue weighted by Crippen LogP contribution is 2.47. The van der Waals surface area contributed by atoms with E-state index in [4.69, 9.17) is 15.2 Å². The molecule has 0 fully saturated rings. The molecule has 1 aliphatic rings. The molecule has 1 unspecified atom stereocenters. The maximum atomic E-state index is 12.2. The summed E-state index contributed by atoms with van der Waals surface area (Å²) in [5.41, 5.74) is 7.48. The summed E-state index contributed by atoms with van der Waals surface area (Å²) in [6.45, 7) is 1.75. The minimum absolute atomic E-state index is 0.0365. The lowest BCUT2D eigenvalue weighted by Gasteiger charge is -2.27. The van der Waals surface area contributed by atoms with Gasteiger partial charge < -0.3 is 20.3 Å². The molecule has 1 aromatic carbocycles. The monoisotopic (exact) mass is 376 g/mol. The van der Waals surface area contributed by atoms with Crippen LogP contribution in [0.15, 0.2) is 32.9 Å². The summed E-state index contributed by atoms with van der Waals surface area (Å²) in [6.07, 6.45) is 0. The van der Waals surface area contributed by atoms with Crippen LogP contribution in [0.5, 0.6) is 11.5 Å². The van der Waals surface area contributed by atoms with Gasteiger partial charge in [-0.1, -0.05) is 15.9 Å². The van der Waals surface area contributed by atoms with Crippen molar-refractivity contribution in [1.29, 1.82) is 5.26 Å². The van der Waals surface area contributed by atoms with Gasteiger partial charge in [-0.25, -0.2) is 0 Å². The van der Waals surface area contributed by atoms with Crippen LogP contribution in [0.3, 0.4) is 0 Å². The number of hydrogen-bond acceptors (Lipinski definition) is 5. The SMILES string of the molecule is COc1cc(Br)cc2c1OC(N)=C(C#N)C2c1c(C)[nH][nH]c1=O. The number of allylic oxidation sites excluding steroid dienone is 1. The van der Waals surface area contributed by atoms with E-state index in [0.29, 0.717) is 28.3 Å². The largest absolute Gasteiger partial charge is 0.493 e. The molecule has 0 saturated heterocycles. The van der Waals surface area contributed by atoms with Crippen molar-refractivity contribution < 1.29 is 9.47 Å². The van der Waals surface area contributed by atoms with Gasteiger partial charge in [0.2, 0.25) is 5.88 Å². The number of aryl methyl sites for hydroxylation is 1. The zero-order valence-corrected chi connectivity index (χ0v) is 13.9. The maximum absolute atomic E-state index is 12.2. The van der Waals surface area contributed by atoms with E-state index in [9.17, 15) is 10.1 Å². The van der Waals surface area contributed by atoms with Crippen molar-refractivity contribution >= 4 is 15.9 Å². The first-order valence-electron chi connectivity index (χ1n) is 6.70. The molecule has 0 bridgehead atoms. The highest BCUT2D eigenvalue weighted by Gasteiger charge is 2.35. The van der Waals surface area contributed by atoms with Crippen LogP contribution in [0.25, 0.3) is 0 Å². The van der Waals surface area contributed by atoms with Crippen LogP contribution in [-0.4, -0.2) is 17.3 Å². The third kappa shape index (κ3) is 2.29. The molecule has 1 atom stereocenters. The quantitative estimate of drug-likeness (QED) is 0.740. The number of halogens is 1. The fourth-order valence-corrected chi connectivity index (χ4v) is 3.20. The molecule has 1 aliphatic heterocycles. The first-order valence-corrected chi connectivity index (χ1v) is 7.49. The molecular formula is C15H13BrN4O3. The number of hydrogen-bond donors (Lipinski definition) is 3. The molecule has 7 nitrogen and oxygen atoms in total. The number of nitrogens with zero attached hydrogens (tertiary/aromatic N) is 1. The standard InChI is InChI=1S/C15H13BrN4O3/c1-6-11(15(21)20-19-6)12-8-3-7(16)4-10(22-2)13(8)23-14(18)9(12)5-17/h3-4,12H,18H2,1-2H3,(H2,19,20,21). The number of nitrogens with two attached hydrogens (primary N) is 1. The fourth-order valence-electron chi connectivity index (χ4n) is 2.75. The fraction of sp³-hybridized carbons (Fsp3) is 0.200. The van der Waals surface area contributed by atoms with Gasteiger partial charge in [-0.15, -0.1) is 0 Å². The number of rotatable bonds is 2. The van der Waals surface area contributed by atoms with Gasteiger partial charge in [-0.2, -0.15) is 5.26 Å². The van der Waals surface area contributed by atoms with Crippen LogP contribution < -0.4 is 20.8 Å². The van der Waals surface area contributed by atoms with Crippen LogP contribution in [-0.2, 0) is 0 Å². The molecule has 1 aromatic heterocycles. The zero-order chi connectivity index (χ0) is 16.7. The Labute approximate surface area is 139 Å². The molecule has 2 aromatic rings. The van der Waals surface area contributed by atoms with Crippen LogP contribution in [0.4, 0.5) is 0 Å². The van der Waals surface area contributed by atoms with Crippen LogP contribution >= 0.6 is 15.9 Å². The Morgan fingerprint density at radius 2 is 2.17 bits per heavy atom. The molecule has 2 heterocycles. The molecule has 0 aliphatic carbocycles. The van der Waals surface area contributed by atoms with Gasteiger partial charge >= 0.3 is 0 Å². The van der Waals surface area contributed by atoms with E-state index in [1.807, 2.05) is 0 Å². The van der Waals surface area contributed by atoms with Crippen molar-refractivity contribution in [3.63, 3.8) is 0 Å². The van der Waals surface area contributed by atoms with Crippen LogP contribution in [0.1, 0.15) is 22.7 Å². The Morgan fingerprint density at radius 1 is 1.43 bits per heavy atom. The summed E-state index contributed by atoms with van der Waals surface area (Å²) in [5.74, 6) is 0.192.